The van der Waals surface area contributed by atoms with Gasteiger partial charge >= 0.3 is 10.3 Å². The van der Waals surface area contributed by atoms with E-state index in [2.05, 4.69) is 30.5 Å². The van der Waals surface area contributed by atoms with Gasteiger partial charge in [-0.2, -0.15) is 8.42 Å². The molecular formula is C6H12INO3S2. The van der Waals surface area contributed by atoms with Crippen molar-refractivity contribution >= 4 is 40.4 Å². The summed E-state index contributed by atoms with van der Waals surface area (Å²) >= 11 is 2.16. The Bertz CT molecular complexity index is 253. The van der Waals surface area contributed by atoms with Crippen molar-refractivity contribution in [1.82, 2.24) is 0 Å². The average Bonchev–Trinajstić information content (AvgIpc) is 2.01. The summed E-state index contributed by atoms with van der Waals surface area (Å²) in [4.78, 5) is 0. The highest BCUT2D eigenvalue weighted by Crippen LogP contribution is 2.23. The zero-order valence-corrected chi connectivity index (χ0v) is 10.9. The molecule has 0 bridgehead atoms. The maximum Gasteiger partial charge on any atom is 0.333 e. The van der Waals surface area contributed by atoms with Crippen LogP contribution in [0.1, 0.15) is 13.3 Å². The van der Waals surface area contributed by atoms with Crippen LogP contribution in [-0.2, 0) is 14.5 Å². The maximum absolute atomic E-state index is 10.4. The minimum Gasteiger partial charge on any atom is -0.258 e. The minimum absolute atomic E-state index is 0.129. The normalized spacial score (nSPS) is 15.0. The molecule has 7 heteroatoms. The van der Waals surface area contributed by atoms with Gasteiger partial charge in [0.15, 0.2) is 0 Å². The van der Waals surface area contributed by atoms with E-state index in [0.717, 1.165) is 0 Å². The van der Waals surface area contributed by atoms with E-state index in [9.17, 15) is 8.42 Å². The van der Waals surface area contributed by atoms with E-state index in [1.165, 1.54) is 0 Å². The van der Waals surface area contributed by atoms with E-state index in [1.807, 2.05) is 19.1 Å². The van der Waals surface area contributed by atoms with Gasteiger partial charge in [0.25, 0.3) is 0 Å². The summed E-state index contributed by atoms with van der Waals surface area (Å²) in [6.45, 7) is 2.05. The lowest BCUT2D eigenvalue weighted by Crippen LogP contribution is -2.17. The molecule has 0 radical (unpaired) electrons. The van der Waals surface area contributed by atoms with Gasteiger partial charge in [0.05, 0.1) is 6.61 Å². The van der Waals surface area contributed by atoms with Crippen LogP contribution in [0.2, 0.25) is 0 Å². The van der Waals surface area contributed by atoms with E-state index in [-0.39, 0.29) is 11.9 Å². The fraction of sp³-hybridized carbons (Fsp3) is 0.667. The smallest absolute Gasteiger partial charge is 0.258 e. The molecule has 0 aliphatic carbocycles. The number of rotatable bonds is 6. The van der Waals surface area contributed by atoms with Gasteiger partial charge in [-0.1, -0.05) is 21.1 Å². The number of hydrogen-bond acceptors (Lipinski definition) is 4. The van der Waals surface area contributed by atoms with Crippen LogP contribution >= 0.6 is 30.1 Å². The van der Waals surface area contributed by atoms with Crippen LogP contribution in [0.3, 0.4) is 0 Å². The lowest BCUT2D eigenvalue weighted by Gasteiger charge is -2.06. The molecule has 0 saturated heterocycles. The first kappa shape index (κ1) is 13.7. The van der Waals surface area contributed by atoms with E-state index in [4.69, 9.17) is 0 Å². The third-order valence-corrected chi connectivity index (χ3v) is 4.25. The second kappa shape index (κ2) is 7.04. The van der Waals surface area contributed by atoms with E-state index in [0.29, 0.717) is 6.42 Å². The second-order valence-corrected chi connectivity index (χ2v) is 5.79. The van der Waals surface area contributed by atoms with Gasteiger partial charge in [0.1, 0.15) is 0 Å². The second-order valence-electron chi connectivity index (χ2n) is 2.26. The SMILES string of the molecule is CC=CC(CCOS(N)(=O)=O)SI. The Morgan fingerprint density at radius 1 is 1.69 bits per heavy atom. The molecule has 13 heavy (non-hydrogen) atoms. The molecule has 0 fully saturated rings. The molecule has 2 N–H and O–H groups in total. The fourth-order valence-electron chi connectivity index (χ4n) is 0.666. The Morgan fingerprint density at radius 2 is 2.31 bits per heavy atom. The summed E-state index contributed by atoms with van der Waals surface area (Å²) in [5.41, 5.74) is 0. The largest absolute Gasteiger partial charge is 0.333 e. The number of hydrogen-bond donors (Lipinski definition) is 1. The quantitative estimate of drug-likeness (QED) is 0.591. The van der Waals surface area contributed by atoms with Crippen molar-refractivity contribution in [2.75, 3.05) is 6.61 Å². The molecule has 0 saturated carbocycles. The summed E-state index contributed by atoms with van der Waals surface area (Å²) in [5.74, 6) is 0. The fourth-order valence-corrected chi connectivity index (χ4v) is 2.67. The Morgan fingerprint density at radius 3 is 2.69 bits per heavy atom. The molecule has 0 heterocycles. The summed E-state index contributed by atoms with van der Waals surface area (Å²) in [7, 11) is -2.17. The van der Waals surface area contributed by atoms with Crippen LogP contribution in [0.25, 0.3) is 0 Å². The summed E-state index contributed by atoms with van der Waals surface area (Å²) in [6.07, 6.45) is 4.55. The zero-order chi connectivity index (χ0) is 10.3. The van der Waals surface area contributed by atoms with Crippen LogP contribution < -0.4 is 5.14 Å². The molecule has 0 rings (SSSR count). The van der Waals surface area contributed by atoms with Gasteiger partial charge in [-0.25, -0.2) is 5.14 Å². The van der Waals surface area contributed by atoms with Gasteiger partial charge in [-0.05, 0) is 34.6 Å². The van der Waals surface area contributed by atoms with Crippen molar-refractivity contribution in [3.05, 3.63) is 12.2 Å². The summed E-state index contributed by atoms with van der Waals surface area (Å²) in [6, 6.07) is 0. The molecule has 0 spiro atoms. The first-order valence-corrected chi connectivity index (χ1v) is 8.46. The topological polar surface area (TPSA) is 69.4 Å². The lowest BCUT2D eigenvalue weighted by molar-refractivity contribution is 0.315. The van der Waals surface area contributed by atoms with Crippen molar-refractivity contribution in [3.8, 4) is 0 Å². The number of nitrogens with two attached hydrogens (primary N) is 1. The standard InChI is InChI=1S/C6H12INO3S2/c1-2-3-6(12-7)4-5-11-13(8,9)10/h2-3,6H,4-5H2,1H3,(H2,8,9,10). The van der Waals surface area contributed by atoms with E-state index < -0.39 is 10.3 Å². The average molecular weight is 337 g/mol. The highest BCUT2D eigenvalue weighted by molar-refractivity contribution is 14.2. The first-order valence-electron chi connectivity index (χ1n) is 3.57. The maximum atomic E-state index is 10.4. The third-order valence-electron chi connectivity index (χ3n) is 1.17. The van der Waals surface area contributed by atoms with Crippen LogP contribution in [0.15, 0.2) is 12.2 Å². The zero-order valence-electron chi connectivity index (χ0n) is 7.14. The van der Waals surface area contributed by atoms with Crippen LogP contribution in [0.4, 0.5) is 0 Å². The number of allylic oxidation sites excluding steroid dienone is 1. The van der Waals surface area contributed by atoms with Crippen molar-refractivity contribution in [2.24, 2.45) is 5.14 Å². The van der Waals surface area contributed by atoms with Gasteiger partial charge < -0.3 is 0 Å². The van der Waals surface area contributed by atoms with Crippen LogP contribution in [0.5, 0.6) is 0 Å². The Kier molecular flexibility index (Phi) is 7.42. The third kappa shape index (κ3) is 9.01. The predicted octanol–water partition coefficient (Wildman–Crippen LogP) is 1.62. The van der Waals surface area contributed by atoms with Gasteiger partial charge in [-0.15, -0.1) is 0 Å². The van der Waals surface area contributed by atoms with Crippen molar-refractivity contribution in [3.63, 3.8) is 0 Å². The Labute approximate surface area is 95.1 Å². The van der Waals surface area contributed by atoms with E-state index >= 15 is 0 Å². The Hall–Kier alpha value is 0.690. The van der Waals surface area contributed by atoms with Crippen molar-refractivity contribution in [1.29, 1.82) is 0 Å². The molecular weight excluding hydrogens is 325 g/mol. The summed E-state index contributed by atoms with van der Waals surface area (Å²) < 4.78 is 25.2. The van der Waals surface area contributed by atoms with Crippen LogP contribution in [0, 0.1) is 0 Å². The first-order chi connectivity index (χ1) is 5.99. The molecule has 0 aromatic rings. The molecule has 0 aliphatic heterocycles. The highest BCUT2D eigenvalue weighted by Gasteiger charge is 2.06. The molecule has 78 valence electrons. The molecule has 4 nitrogen and oxygen atoms in total. The molecule has 0 amide bonds. The lowest BCUT2D eigenvalue weighted by atomic mass is 10.3. The highest BCUT2D eigenvalue weighted by atomic mass is 127. The van der Waals surface area contributed by atoms with Gasteiger partial charge in [0, 0.05) is 5.25 Å². The van der Waals surface area contributed by atoms with Gasteiger partial charge in [-0.3, -0.25) is 4.18 Å². The minimum atomic E-state index is -3.78. The predicted molar refractivity (Wildman–Crippen MR) is 63.9 cm³/mol. The Balaban J connectivity index is 3.74. The van der Waals surface area contributed by atoms with Crippen LogP contribution in [-0.4, -0.2) is 20.3 Å². The van der Waals surface area contributed by atoms with Crippen molar-refractivity contribution in [2.45, 2.75) is 18.6 Å². The van der Waals surface area contributed by atoms with Gasteiger partial charge in [0.2, 0.25) is 0 Å². The molecule has 0 aromatic carbocycles. The molecule has 1 atom stereocenters. The van der Waals surface area contributed by atoms with Crippen molar-refractivity contribution < 1.29 is 12.6 Å². The molecule has 0 aromatic heterocycles. The molecule has 1 unspecified atom stereocenters. The number of halogens is 1. The molecule has 0 aliphatic rings. The summed E-state index contributed by atoms with van der Waals surface area (Å²) in [5, 5.41) is 4.93. The van der Waals surface area contributed by atoms with E-state index in [1.54, 1.807) is 8.93 Å². The monoisotopic (exact) mass is 337 g/mol.